The molecule has 0 fully saturated rings. The second kappa shape index (κ2) is 4.86. The molecule has 7 heteroatoms. The maximum absolute atomic E-state index is 12.0. The number of fused-ring (bicyclic) bond motifs is 3. The van der Waals surface area contributed by atoms with Gasteiger partial charge in [0.1, 0.15) is 0 Å². The molecule has 23 heavy (non-hydrogen) atoms. The molecule has 1 unspecified atom stereocenters. The summed E-state index contributed by atoms with van der Waals surface area (Å²) in [5.41, 5.74) is 3.92. The summed E-state index contributed by atoms with van der Waals surface area (Å²) in [6.45, 7) is 0. The van der Waals surface area contributed by atoms with Crippen LogP contribution in [0, 0.1) is 0 Å². The molecule has 1 aliphatic rings. The van der Waals surface area contributed by atoms with Crippen LogP contribution in [0.2, 0.25) is 0 Å². The van der Waals surface area contributed by atoms with E-state index in [2.05, 4.69) is 14.7 Å². The van der Waals surface area contributed by atoms with Crippen molar-refractivity contribution >= 4 is 18.4 Å². The van der Waals surface area contributed by atoms with Gasteiger partial charge in [-0.05, 0) is 28.8 Å². The maximum Gasteiger partial charge on any atom is 0.332 e. The van der Waals surface area contributed by atoms with Gasteiger partial charge in [-0.1, -0.05) is 24.3 Å². The number of H-pyrrole nitrogens is 1. The van der Waals surface area contributed by atoms with E-state index in [4.69, 9.17) is 0 Å². The fraction of sp³-hybridized carbons (Fsp3) is 0.125. The van der Waals surface area contributed by atoms with Gasteiger partial charge in [0.25, 0.3) is 5.56 Å². The van der Waals surface area contributed by atoms with Crippen molar-refractivity contribution in [2.45, 2.75) is 6.16 Å². The van der Waals surface area contributed by atoms with E-state index in [1.165, 1.54) is 7.11 Å². The third-order valence-corrected chi connectivity index (χ3v) is 5.45. The maximum atomic E-state index is 12.0. The summed E-state index contributed by atoms with van der Waals surface area (Å²) < 4.78 is 16.4. The lowest BCUT2D eigenvalue weighted by molar-refractivity contribution is 0.314. The second-order valence-corrected chi connectivity index (χ2v) is 7.44. The summed E-state index contributed by atoms with van der Waals surface area (Å²) in [5, 5.41) is 8.10. The summed E-state index contributed by atoms with van der Waals surface area (Å²) in [6.07, 6.45) is -0.0698. The van der Waals surface area contributed by atoms with Gasteiger partial charge < -0.3 is 9.42 Å². The highest BCUT2D eigenvalue weighted by Gasteiger charge is 2.25. The molecule has 0 bridgehead atoms. The molecule has 1 heterocycles. The fourth-order valence-corrected chi connectivity index (χ4v) is 3.84. The third kappa shape index (κ3) is 2.15. The van der Waals surface area contributed by atoms with Crippen LogP contribution in [0.5, 0.6) is 0 Å². The van der Waals surface area contributed by atoms with E-state index in [0.717, 1.165) is 22.1 Å². The first-order valence-corrected chi connectivity index (χ1v) is 8.79. The van der Waals surface area contributed by atoms with Gasteiger partial charge in [0.05, 0.1) is 17.2 Å². The predicted molar refractivity (Wildman–Crippen MR) is 87.3 cm³/mol. The van der Waals surface area contributed by atoms with Gasteiger partial charge in [-0.2, -0.15) is 5.10 Å². The number of hydrogen-bond donors (Lipinski definition) is 2. The molecule has 0 saturated heterocycles. The van der Waals surface area contributed by atoms with Crippen molar-refractivity contribution in [1.82, 2.24) is 10.2 Å². The minimum Gasteiger partial charge on any atom is -0.324 e. The minimum absolute atomic E-state index is 0.0698. The van der Waals surface area contributed by atoms with Crippen LogP contribution in [0.3, 0.4) is 0 Å². The molecule has 0 aliphatic heterocycles. The Hall–Kier alpha value is -2.27. The summed E-state index contributed by atoms with van der Waals surface area (Å²) in [4.78, 5) is 21.6. The molecular formula is C16H13N2O4P. The van der Waals surface area contributed by atoms with Gasteiger partial charge in [-0.25, -0.2) is 5.10 Å². The largest absolute Gasteiger partial charge is 0.332 e. The number of rotatable bonds is 3. The average molecular weight is 328 g/mol. The quantitative estimate of drug-likeness (QED) is 0.564. The summed E-state index contributed by atoms with van der Waals surface area (Å²) >= 11 is 0. The van der Waals surface area contributed by atoms with Crippen molar-refractivity contribution in [1.29, 1.82) is 0 Å². The topological polar surface area (TPSA) is 92.3 Å². The minimum atomic E-state index is -3.64. The Morgan fingerprint density at radius 1 is 1.22 bits per heavy atom. The van der Waals surface area contributed by atoms with Crippen LogP contribution in [0.4, 0.5) is 0 Å². The van der Waals surface area contributed by atoms with Gasteiger partial charge in [0.15, 0.2) is 0 Å². The van der Waals surface area contributed by atoms with E-state index >= 15 is 0 Å². The zero-order valence-corrected chi connectivity index (χ0v) is 13.1. The second-order valence-electron chi connectivity index (χ2n) is 5.49. The lowest BCUT2D eigenvalue weighted by Gasteiger charge is -2.10. The number of nitrogens with one attached hydrogen (secondary N) is 1. The molecule has 0 spiro atoms. The standard InChI is InChI=1S/C16H13N2O4P/c1-22-23(20,21)8-9-5-6-10-11-3-2-4-12-14(11)15(13(10)7-9)17-18-16(12)19/h2-7H,8H2,1H3,(H,18,19)(H,20,21). The SMILES string of the molecule is COP(=O)(O)Cc1ccc2c(c1)-c1n[nH]c(=O)c3cccc-2c13. The van der Waals surface area contributed by atoms with Crippen LogP contribution in [0.25, 0.3) is 33.2 Å². The highest BCUT2D eigenvalue weighted by atomic mass is 31.2. The molecule has 116 valence electrons. The molecule has 1 aromatic heterocycles. The van der Waals surface area contributed by atoms with Gasteiger partial charge in [-0.3, -0.25) is 9.36 Å². The zero-order chi connectivity index (χ0) is 16.2. The molecule has 1 atom stereocenters. The zero-order valence-electron chi connectivity index (χ0n) is 12.2. The van der Waals surface area contributed by atoms with Crippen molar-refractivity contribution in [2.24, 2.45) is 0 Å². The van der Waals surface area contributed by atoms with Gasteiger partial charge in [0.2, 0.25) is 0 Å². The van der Waals surface area contributed by atoms with Crippen molar-refractivity contribution < 1.29 is 14.0 Å². The van der Waals surface area contributed by atoms with E-state index in [0.29, 0.717) is 16.6 Å². The van der Waals surface area contributed by atoms with E-state index < -0.39 is 7.60 Å². The van der Waals surface area contributed by atoms with Crippen LogP contribution < -0.4 is 5.56 Å². The first kappa shape index (κ1) is 14.3. The summed E-state index contributed by atoms with van der Waals surface area (Å²) in [5.74, 6) is 0. The highest BCUT2D eigenvalue weighted by Crippen LogP contribution is 2.48. The molecule has 2 N–H and O–H groups in total. The van der Waals surface area contributed by atoms with E-state index in [1.807, 2.05) is 24.3 Å². The van der Waals surface area contributed by atoms with Crippen molar-refractivity contribution in [3.8, 4) is 22.4 Å². The lowest BCUT2D eigenvalue weighted by Crippen LogP contribution is -2.08. The van der Waals surface area contributed by atoms with Crippen LogP contribution in [0.1, 0.15) is 5.56 Å². The molecule has 6 nitrogen and oxygen atoms in total. The van der Waals surface area contributed by atoms with Crippen LogP contribution >= 0.6 is 7.60 Å². The Bertz CT molecular complexity index is 1060. The van der Waals surface area contributed by atoms with Gasteiger partial charge in [0, 0.05) is 18.1 Å². The monoisotopic (exact) mass is 328 g/mol. The third-order valence-electron chi connectivity index (χ3n) is 4.11. The van der Waals surface area contributed by atoms with Gasteiger partial charge >= 0.3 is 7.60 Å². The number of hydrogen-bond acceptors (Lipinski definition) is 4. The lowest BCUT2D eigenvalue weighted by atomic mass is 10.0. The Morgan fingerprint density at radius 2 is 2.04 bits per heavy atom. The summed E-state index contributed by atoms with van der Waals surface area (Å²) in [6, 6.07) is 11.1. The first-order chi connectivity index (χ1) is 11.0. The van der Waals surface area contributed by atoms with Crippen LogP contribution in [-0.4, -0.2) is 22.2 Å². The molecule has 0 saturated carbocycles. The molecule has 3 aromatic rings. The number of aromatic nitrogens is 2. The van der Waals surface area contributed by atoms with E-state index in [1.54, 1.807) is 12.1 Å². The Kier molecular flexibility index (Phi) is 3.03. The smallest absolute Gasteiger partial charge is 0.324 e. The van der Waals surface area contributed by atoms with E-state index in [9.17, 15) is 14.3 Å². The number of benzene rings is 2. The van der Waals surface area contributed by atoms with Crippen molar-refractivity contribution in [3.05, 3.63) is 52.3 Å². The molecule has 4 rings (SSSR count). The Labute approximate surface area is 131 Å². The molecule has 0 radical (unpaired) electrons. The fourth-order valence-electron chi connectivity index (χ4n) is 3.05. The van der Waals surface area contributed by atoms with Gasteiger partial charge in [-0.15, -0.1) is 0 Å². The first-order valence-electron chi connectivity index (χ1n) is 7.03. The van der Waals surface area contributed by atoms with Crippen molar-refractivity contribution in [3.63, 3.8) is 0 Å². The van der Waals surface area contributed by atoms with E-state index in [-0.39, 0.29) is 11.7 Å². The van der Waals surface area contributed by atoms with Crippen molar-refractivity contribution in [2.75, 3.05) is 7.11 Å². The molecule has 0 amide bonds. The molecule has 1 aliphatic carbocycles. The average Bonchev–Trinajstić information content (AvgIpc) is 2.85. The summed E-state index contributed by atoms with van der Waals surface area (Å²) in [7, 11) is -2.42. The number of nitrogens with zero attached hydrogens (tertiary/aromatic N) is 1. The molecular weight excluding hydrogens is 315 g/mol. The Balaban J connectivity index is 1.94. The number of aromatic amines is 1. The predicted octanol–water partition coefficient (Wildman–Crippen LogP) is 2.90. The van der Waals surface area contributed by atoms with Crippen LogP contribution in [0.15, 0.2) is 41.2 Å². The highest BCUT2D eigenvalue weighted by molar-refractivity contribution is 7.51. The normalized spacial score (nSPS) is 14.7. The van der Waals surface area contributed by atoms with Crippen LogP contribution in [-0.2, 0) is 15.3 Å². The molecule has 2 aromatic carbocycles. The Morgan fingerprint density at radius 3 is 2.83 bits per heavy atom.